The van der Waals surface area contributed by atoms with Gasteiger partial charge in [-0.2, -0.15) is 5.10 Å². The fourth-order valence-corrected chi connectivity index (χ4v) is 5.99. The zero-order valence-electron chi connectivity index (χ0n) is 27.6. The number of aryl methyl sites for hydroxylation is 4. The second-order valence-corrected chi connectivity index (χ2v) is 11.8. The molecule has 0 saturated carbocycles. The first-order valence-corrected chi connectivity index (χ1v) is 16.3. The molecule has 0 heterocycles. The average Bonchev–Trinajstić information content (AvgIpc) is 3.11. The van der Waals surface area contributed by atoms with Gasteiger partial charge in [0.1, 0.15) is 0 Å². The van der Waals surface area contributed by atoms with E-state index in [1.165, 1.54) is 39.1 Å². The molecule has 0 aliphatic rings. The third-order valence-corrected chi connectivity index (χ3v) is 8.51. The summed E-state index contributed by atoms with van der Waals surface area (Å²) in [5.41, 5.74) is 14.1. The molecule has 0 N–H and O–H groups in total. The third-order valence-electron chi connectivity index (χ3n) is 8.51. The van der Waals surface area contributed by atoms with Gasteiger partial charge >= 0.3 is 0 Å². The predicted octanol–water partition coefficient (Wildman–Crippen LogP) is 12.0. The van der Waals surface area contributed by atoms with E-state index in [9.17, 15) is 0 Å². The molecular weight excluding hydrogens is 571 g/mol. The summed E-state index contributed by atoms with van der Waals surface area (Å²) in [6, 6.07) is 51.0. The van der Waals surface area contributed by atoms with Gasteiger partial charge in [-0.1, -0.05) is 110 Å². The summed E-state index contributed by atoms with van der Waals surface area (Å²) in [6.45, 7) is 8.79. The number of hydrazone groups is 1. The molecule has 0 bridgehead atoms. The maximum Gasteiger partial charge on any atom is 0.0652 e. The van der Waals surface area contributed by atoms with Gasteiger partial charge in [-0.15, -0.1) is 0 Å². The van der Waals surface area contributed by atoms with Crippen molar-refractivity contribution < 1.29 is 0 Å². The van der Waals surface area contributed by atoms with Crippen LogP contribution in [0, 0.1) is 20.8 Å². The zero-order valence-corrected chi connectivity index (χ0v) is 27.6. The van der Waals surface area contributed by atoms with E-state index in [2.05, 4.69) is 154 Å². The Labute approximate surface area is 279 Å². The Hall–Kier alpha value is -5.67. The minimum atomic E-state index is 0.975. The summed E-state index contributed by atoms with van der Waals surface area (Å²) < 4.78 is 0. The van der Waals surface area contributed by atoms with Crippen LogP contribution < -0.4 is 9.91 Å². The van der Waals surface area contributed by atoms with Crippen LogP contribution in [-0.4, -0.2) is 6.21 Å². The van der Waals surface area contributed by atoms with Crippen molar-refractivity contribution in [3.05, 3.63) is 185 Å². The minimum Gasteiger partial charge on any atom is -0.310 e. The zero-order chi connectivity index (χ0) is 32.6. The molecule has 3 heteroatoms. The van der Waals surface area contributed by atoms with Crippen LogP contribution in [0.15, 0.2) is 151 Å². The van der Waals surface area contributed by atoms with Gasteiger partial charge in [0.05, 0.1) is 23.3 Å². The number of rotatable bonds is 10. The van der Waals surface area contributed by atoms with Gasteiger partial charge in [0.25, 0.3) is 0 Å². The van der Waals surface area contributed by atoms with Crippen LogP contribution in [-0.2, 0) is 6.42 Å². The molecule has 0 aromatic heterocycles. The van der Waals surface area contributed by atoms with E-state index in [0.717, 1.165) is 34.7 Å². The van der Waals surface area contributed by atoms with E-state index in [0.29, 0.717) is 0 Å². The van der Waals surface area contributed by atoms with Crippen molar-refractivity contribution in [3.63, 3.8) is 0 Å². The maximum atomic E-state index is 4.88. The van der Waals surface area contributed by atoms with Crippen molar-refractivity contribution >= 4 is 46.8 Å². The van der Waals surface area contributed by atoms with Crippen molar-refractivity contribution in [3.8, 4) is 0 Å². The third kappa shape index (κ3) is 7.26. The molecule has 232 valence electrons. The van der Waals surface area contributed by atoms with Crippen LogP contribution in [0.3, 0.4) is 0 Å². The molecule has 0 amide bonds. The molecule has 0 atom stereocenters. The molecule has 6 aromatic carbocycles. The molecule has 3 nitrogen and oxygen atoms in total. The highest BCUT2D eigenvalue weighted by Crippen LogP contribution is 2.39. The molecular formula is C44H41N3. The SMILES string of the molecule is CCc1cccc(C)c1N(c1ccccc1)c1ccc(/C=C/c2ccc(/C=N/N(c3ccccc3)c3ccccc3)cc2C)c(C)c1. The van der Waals surface area contributed by atoms with Crippen LogP contribution in [0.2, 0.25) is 0 Å². The molecule has 0 radical (unpaired) electrons. The lowest BCUT2D eigenvalue weighted by Crippen LogP contribution is -2.13. The van der Waals surface area contributed by atoms with E-state index in [4.69, 9.17) is 5.10 Å². The average molecular weight is 612 g/mol. The molecule has 0 spiro atoms. The fraction of sp³-hybridized carbons (Fsp3) is 0.114. The summed E-state index contributed by atoms with van der Waals surface area (Å²) in [6.07, 6.45) is 7.34. The summed E-state index contributed by atoms with van der Waals surface area (Å²) in [5, 5.41) is 6.85. The second-order valence-electron chi connectivity index (χ2n) is 11.8. The first-order chi connectivity index (χ1) is 23.0. The van der Waals surface area contributed by atoms with E-state index >= 15 is 0 Å². The normalized spacial score (nSPS) is 11.3. The number of benzene rings is 6. The monoisotopic (exact) mass is 611 g/mol. The van der Waals surface area contributed by atoms with Gasteiger partial charge in [-0.05, 0) is 121 Å². The van der Waals surface area contributed by atoms with E-state index in [-0.39, 0.29) is 0 Å². The largest absolute Gasteiger partial charge is 0.310 e. The van der Waals surface area contributed by atoms with Crippen LogP contribution in [0.5, 0.6) is 0 Å². The molecule has 6 aromatic rings. The highest BCUT2D eigenvalue weighted by Gasteiger charge is 2.18. The van der Waals surface area contributed by atoms with Gasteiger partial charge in [0.15, 0.2) is 0 Å². The fourth-order valence-electron chi connectivity index (χ4n) is 5.99. The van der Waals surface area contributed by atoms with Crippen LogP contribution in [0.25, 0.3) is 12.2 Å². The van der Waals surface area contributed by atoms with Gasteiger partial charge < -0.3 is 4.90 Å². The lowest BCUT2D eigenvalue weighted by atomic mass is 10.0. The quantitative estimate of drug-likeness (QED) is 0.0872. The minimum absolute atomic E-state index is 0.975. The Morgan fingerprint density at radius 3 is 1.62 bits per heavy atom. The standard InChI is InChI=1S/C44H41N3/c1-5-37-17-15-16-33(2)44(37)46(40-18-9-6-10-19-40)43-29-28-39(35(4)31-43)27-26-38-25-24-36(30-34(38)3)32-45-47(41-20-11-7-12-21-41)42-22-13-8-14-23-42/h6-32H,5H2,1-4H3/b27-26+,45-32+. The first kappa shape index (κ1) is 31.3. The Morgan fingerprint density at radius 1 is 0.511 bits per heavy atom. The molecule has 47 heavy (non-hydrogen) atoms. The Morgan fingerprint density at radius 2 is 1.06 bits per heavy atom. The molecule has 0 saturated heterocycles. The smallest absolute Gasteiger partial charge is 0.0652 e. The topological polar surface area (TPSA) is 18.8 Å². The molecule has 0 fully saturated rings. The maximum absolute atomic E-state index is 4.88. The van der Waals surface area contributed by atoms with Crippen molar-refractivity contribution in [2.24, 2.45) is 5.10 Å². The van der Waals surface area contributed by atoms with Gasteiger partial charge in [-0.25, -0.2) is 5.01 Å². The van der Waals surface area contributed by atoms with Gasteiger partial charge in [-0.3, -0.25) is 0 Å². The highest BCUT2D eigenvalue weighted by atomic mass is 15.5. The number of nitrogens with zero attached hydrogens (tertiary/aromatic N) is 3. The number of hydrogen-bond donors (Lipinski definition) is 0. The van der Waals surface area contributed by atoms with E-state index < -0.39 is 0 Å². The van der Waals surface area contributed by atoms with Crippen LogP contribution in [0.4, 0.5) is 28.4 Å². The Bertz CT molecular complexity index is 1950. The Balaban J connectivity index is 1.25. The van der Waals surface area contributed by atoms with Crippen molar-refractivity contribution in [2.75, 3.05) is 9.91 Å². The summed E-state index contributed by atoms with van der Waals surface area (Å²) >= 11 is 0. The first-order valence-electron chi connectivity index (χ1n) is 16.3. The highest BCUT2D eigenvalue weighted by molar-refractivity contribution is 5.85. The molecule has 0 aliphatic carbocycles. The van der Waals surface area contributed by atoms with Crippen molar-refractivity contribution in [2.45, 2.75) is 34.1 Å². The number of hydrogen-bond acceptors (Lipinski definition) is 3. The predicted molar refractivity (Wildman–Crippen MR) is 203 cm³/mol. The van der Waals surface area contributed by atoms with E-state index in [1.54, 1.807) is 0 Å². The van der Waals surface area contributed by atoms with Crippen LogP contribution >= 0.6 is 0 Å². The molecule has 0 aliphatic heterocycles. The van der Waals surface area contributed by atoms with Crippen molar-refractivity contribution in [1.82, 2.24) is 0 Å². The summed E-state index contributed by atoms with van der Waals surface area (Å²) in [7, 11) is 0. The van der Waals surface area contributed by atoms with Crippen LogP contribution in [0.1, 0.15) is 45.9 Å². The second kappa shape index (κ2) is 14.6. The molecule has 6 rings (SSSR count). The van der Waals surface area contributed by atoms with Crippen molar-refractivity contribution in [1.29, 1.82) is 0 Å². The summed E-state index contributed by atoms with van der Waals surface area (Å²) in [5.74, 6) is 0. The Kier molecular flexibility index (Phi) is 9.74. The van der Waals surface area contributed by atoms with E-state index in [1.807, 2.05) is 47.6 Å². The number of para-hydroxylation sites is 4. The summed E-state index contributed by atoms with van der Waals surface area (Å²) in [4.78, 5) is 2.40. The molecule has 0 unspecified atom stereocenters. The lowest BCUT2D eigenvalue weighted by Gasteiger charge is -2.29. The van der Waals surface area contributed by atoms with Gasteiger partial charge in [0.2, 0.25) is 0 Å². The van der Waals surface area contributed by atoms with Gasteiger partial charge in [0, 0.05) is 11.4 Å². The lowest BCUT2D eigenvalue weighted by molar-refractivity contribution is 1.09. The number of anilines is 5.